The Hall–Kier alpha value is -2.97. The van der Waals surface area contributed by atoms with Crippen molar-refractivity contribution < 1.29 is 24.2 Å². The number of fused-ring (bicyclic) bond motifs is 2. The highest BCUT2D eigenvalue weighted by Crippen LogP contribution is 2.64. The van der Waals surface area contributed by atoms with Gasteiger partial charge < -0.3 is 25.4 Å². The number of carbonyl (C=O) groups is 3. The summed E-state index contributed by atoms with van der Waals surface area (Å²) in [5.41, 5.74) is -1.25. The molecule has 8 heteroatoms. The van der Waals surface area contributed by atoms with E-state index in [0.29, 0.717) is 31.4 Å². The van der Waals surface area contributed by atoms with E-state index in [-0.39, 0.29) is 24.3 Å². The SMILES string of the molecule is CC[C@@H](CO)N1C(=O)[C@@H]2[C@@H](C(=O)NC)[C@@]3(CC)CCC2(O3)C1C(=O)Nc1ccc2ccccc2c1. The predicted molar refractivity (Wildman–Crippen MR) is 131 cm³/mol. The monoisotopic (exact) mass is 479 g/mol. The molecule has 0 aromatic heterocycles. The zero-order valence-corrected chi connectivity index (χ0v) is 20.4. The van der Waals surface area contributed by atoms with E-state index in [0.717, 1.165) is 10.8 Å². The quantitative estimate of drug-likeness (QED) is 0.565. The average Bonchev–Trinajstić information content (AvgIpc) is 3.48. The normalized spacial score (nSPS) is 32.1. The van der Waals surface area contributed by atoms with Gasteiger partial charge >= 0.3 is 0 Å². The lowest BCUT2D eigenvalue weighted by atomic mass is 9.65. The Balaban J connectivity index is 1.57. The highest BCUT2D eigenvalue weighted by molar-refractivity contribution is 6.04. The van der Waals surface area contributed by atoms with Crippen molar-refractivity contribution in [3.05, 3.63) is 42.5 Å². The molecule has 3 amide bonds. The number of likely N-dealkylation sites (tertiary alicyclic amines) is 1. The number of hydrogen-bond donors (Lipinski definition) is 3. The van der Waals surface area contributed by atoms with Crippen LogP contribution in [0.4, 0.5) is 5.69 Å². The van der Waals surface area contributed by atoms with Crippen LogP contribution in [0.2, 0.25) is 0 Å². The molecule has 8 nitrogen and oxygen atoms in total. The Bertz CT molecular complexity index is 1180. The number of hydrogen-bond acceptors (Lipinski definition) is 5. The fourth-order valence-corrected chi connectivity index (χ4v) is 6.79. The van der Waals surface area contributed by atoms with Gasteiger partial charge in [-0.05, 0) is 48.6 Å². The molecule has 0 radical (unpaired) electrons. The van der Waals surface area contributed by atoms with Gasteiger partial charge in [-0.25, -0.2) is 0 Å². The third-order valence-corrected chi connectivity index (χ3v) is 8.49. The van der Waals surface area contributed by atoms with Crippen LogP contribution in [0.25, 0.3) is 10.8 Å². The molecule has 3 aliphatic heterocycles. The topological polar surface area (TPSA) is 108 Å². The molecule has 1 spiro atoms. The van der Waals surface area contributed by atoms with Gasteiger partial charge in [0.1, 0.15) is 11.6 Å². The second-order valence-electron chi connectivity index (χ2n) is 9.99. The molecule has 3 heterocycles. The van der Waals surface area contributed by atoms with Gasteiger partial charge in [0, 0.05) is 12.7 Å². The van der Waals surface area contributed by atoms with E-state index in [1.54, 1.807) is 7.05 Å². The number of aliphatic hydroxyl groups is 1. The lowest BCUT2D eigenvalue weighted by molar-refractivity contribution is -0.149. The molecule has 6 atom stereocenters. The van der Waals surface area contributed by atoms with Crippen LogP contribution in [0, 0.1) is 11.8 Å². The van der Waals surface area contributed by atoms with Crippen molar-refractivity contribution in [2.45, 2.75) is 62.8 Å². The summed E-state index contributed by atoms with van der Waals surface area (Å²) < 4.78 is 6.67. The highest BCUT2D eigenvalue weighted by Gasteiger charge is 2.79. The van der Waals surface area contributed by atoms with Crippen molar-refractivity contribution >= 4 is 34.2 Å². The first kappa shape index (κ1) is 23.8. The van der Waals surface area contributed by atoms with Crippen molar-refractivity contribution in [1.29, 1.82) is 0 Å². The molecule has 2 aromatic carbocycles. The Morgan fingerprint density at radius 2 is 1.89 bits per heavy atom. The predicted octanol–water partition coefficient (Wildman–Crippen LogP) is 2.45. The summed E-state index contributed by atoms with van der Waals surface area (Å²) in [6, 6.07) is 12.1. The minimum atomic E-state index is -1.10. The maximum atomic E-state index is 13.9. The Morgan fingerprint density at radius 3 is 2.54 bits per heavy atom. The molecule has 3 fully saturated rings. The number of rotatable bonds is 7. The Kier molecular flexibility index (Phi) is 5.84. The standard InChI is InChI=1S/C27H33N3O5/c1-4-19(15-31)30-22(24(33)29-18-11-10-16-8-6-7-9-17(16)14-18)27-13-12-26(5-2,35-27)20(23(32)28-3)21(27)25(30)34/h6-11,14,19-22,31H,4-5,12-13,15H2,1-3H3,(H,28,32)(H,29,33)/t19-,20-,21-,22?,26+,27?/m0/s1. The number of benzene rings is 2. The van der Waals surface area contributed by atoms with Gasteiger partial charge in [-0.2, -0.15) is 0 Å². The van der Waals surface area contributed by atoms with E-state index in [4.69, 9.17) is 4.74 Å². The Labute approximate surface area is 205 Å². The van der Waals surface area contributed by atoms with E-state index >= 15 is 0 Å². The third kappa shape index (κ3) is 3.30. The minimum Gasteiger partial charge on any atom is -0.394 e. The fourth-order valence-electron chi connectivity index (χ4n) is 6.79. The number of ether oxygens (including phenoxy) is 1. The molecular formula is C27H33N3O5. The first-order valence-corrected chi connectivity index (χ1v) is 12.5. The molecule has 2 aromatic rings. The summed E-state index contributed by atoms with van der Waals surface area (Å²) in [6.45, 7) is 3.57. The summed E-state index contributed by atoms with van der Waals surface area (Å²) in [7, 11) is 1.56. The number of amides is 3. The van der Waals surface area contributed by atoms with Crippen LogP contribution in [-0.2, 0) is 19.1 Å². The molecule has 0 saturated carbocycles. The summed E-state index contributed by atoms with van der Waals surface area (Å²) >= 11 is 0. The molecule has 186 valence electrons. The number of nitrogens with one attached hydrogen (secondary N) is 2. The smallest absolute Gasteiger partial charge is 0.250 e. The number of carbonyl (C=O) groups excluding carboxylic acids is 3. The van der Waals surface area contributed by atoms with Crippen molar-refractivity contribution in [3.8, 4) is 0 Å². The first-order valence-electron chi connectivity index (χ1n) is 12.5. The van der Waals surface area contributed by atoms with Crippen LogP contribution in [0.3, 0.4) is 0 Å². The van der Waals surface area contributed by atoms with Crippen molar-refractivity contribution in [2.24, 2.45) is 11.8 Å². The largest absolute Gasteiger partial charge is 0.394 e. The van der Waals surface area contributed by atoms with Crippen molar-refractivity contribution in [3.63, 3.8) is 0 Å². The molecule has 3 aliphatic rings. The molecule has 5 rings (SSSR count). The van der Waals surface area contributed by atoms with Crippen LogP contribution in [0.1, 0.15) is 39.5 Å². The van der Waals surface area contributed by atoms with Crippen LogP contribution >= 0.6 is 0 Å². The summed E-state index contributed by atoms with van der Waals surface area (Å²) in [5.74, 6) is -2.31. The molecule has 3 N–H and O–H groups in total. The van der Waals surface area contributed by atoms with E-state index in [2.05, 4.69) is 10.6 Å². The molecule has 2 bridgehead atoms. The maximum Gasteiger partial charge on any atom is 0.250 e. The molecular weight excluding hydrogens is 446 g/mol. The third-order valence-electron chi connectivity index (χ3n) is 8.49. The lowest BCUT2D eigenvalue weighted by Crippen LogP contribution is -2.56. The molecule has 35 heavy (non-hydrogen) atoms. The van der Waals surface area contributed by atoms with Crippen LogP contribution in [0.5, 0.6) is 0 Å². The van der Waals surface area contributed by atoms with Crippen LogP contribution in [-0.4, -0.2) is 64.7 Å². The van der Waals surface area contributed by atoms with Gasteiger partial charge in [0.05, 0.1) is 30.1 Å². The van der Waals surface area contributed by atoms with Crippen LogP contribution in [0.15, 0.2) is 42.5 Å². The van der Waals surface area contributed by atoms with E-state index in [9.17, 15) is 19.5 Å². The van der Waals surface area contributed by atoms with Gasteiger partial charge in [0.15, 0.2) is 0 Å². The van der Waals surface area contributed by atoms with E-state index < -0.39 is 35.1 Å². The number of nitrogens with zero attached hydrogens (tertiary/aromatic N) is 1. The molecule has 2 unspecified atom stereocenters. The minimum absolute atomic E-state index is 0.237. The molecule has 3 saturated heterocycles. The first-order chi connectivity index (χ1) is 16.9. The zero-order chi connectivity index (χ0) is 25.0. The van der Waals surface area contributed by atoms with Gasteiger partial charge in [0.25, 0.3) is 0 Å². The zero-order valence-electron chi connectivity index (χ0n) is 20.4. The van der Waals surface area contributed by atoms with E-state index in [1.807, 2.05) is 56.3 Å². The van der Waals surface area contributed by atoms with Gasteiger partial charge in [-0.15, -0.1) is 0 Å². The highest BCUT2D eigenvalue weighted by atomic mass is 16.5. The summed E-state index contributed by atoms with van der Waals surface area (Å²) in [5, 5.41) is 17.9. The summed E-state index contributed by atoms with van der Waals surface area (Å²) in [6.07, 6.45) is 2.18. The number of aliphatic hydroxyl groups excluding tert-OH is 1. The van der Waals surface area contributed by atoms with Crippen molar-refractivity contribution in [2.75, 3.05) is 19.0 Å². The molecule has 0 aliphatic carbocycles. The average molecular weight is 480 g/mol. The van der Waals surface area contributed by atoms with Gasteiger partial charge in [-0.3, -0.25) is 14.4 Å². The second-order valence-corrected chi connectivity index (χ2v) is 9.99. The van der Waals surface area contributed by atoms with Gasteiger partial charge in [0.2, 0.25) is 17.7 Å². The van der Waals surface area contributed by atoms with Gasteiger partial charge in [-0.1, -0.05) is 44.2 Å². The van der Waals surface area contributed by atoms with Crippen molar-refractivity contribution in [1.82, 2.24) is 10.2 Å². The second kappa shape index (κ2) is 8.60. The lowest BCUT2D eigenvalue weighted by Gasteiger charge is -2.37. The maximum absolute atomic E-state index is 13.9. The number of anilines is 1. The fraction of sp³-hybridized carbons (Fsp3) is 0.519. The summed E-state index contributed by atoms with van der Waals surface area (Å²) in [4.78, 5) is 42.4. The van der Waals surface area contributed by atoms with Crippen LogP contribution < -0.4 is 10.6 Å². The van der Waals surface area contributed by atoms with E-state index in [1.165, 1.54) is 4.90 Å². The Morgan fingerprint density at radius 1 is 1.14 bits per heavy atom.